The second kappa shape index (κ2) is 7.76. The van der Waals surface area contributed by atoms with E-state index in [2.05, 4.69) is 20.3 Å². The van der Waals surface area contributed by atoms with Gasteiger partial charge in [0.15, 0.2) is 11.5 Å². The zero-order chi connectivity index (χ0) is 19.6. The summed E-state index contributed by atoms with van der Waals surface area (Å²) in [6.45, 7) is 0.303. The van der Waals surface area contributed by atoms with Crippen molar-refractivity contribution in [2.45, 2.75) is 17.1 Å². The Hall–Kier alpha value is -3.04. The smallest absolute Gasteiger partial charge is 0.277 e. The maximum atomic E-state index is 5.90. The van der Waals surface area contributed by atoms with Crippen molar-refractivity contribution in [1.29, 1.82) is 0 Å². The van der Waals surface area contributed by atoms with Crippen LogP contribution in [0.2, 0.25) is 5.02 Å². The molecule has 0 N–H and O–H groups in total. The van der Waals surface area contributed by atoms with E-state index < -0.39 is 6.10 Å². The number of thioether (sulfide) groups is 1. The highest BCUT2D eigenvalue weighted by molar-refractivity contribution is 7.98. The predicted molar refractivity (Wildman–Crippen MR) is 104 cm³/mol. The van der Waals surface area contributed by atoms with Crippen molar-refractivity contribution >= 4 is 23.4 Å². The molecule has 0 aliphatic carbocycles. The molecule has 2 aromatic carbocycles. The largest absolute Gasteiger partial charge is 0.485 e. The van der Waals surface area contributed by atoms with E-state index in [1.807, 2.05) is 36.4 Å². The Morgan fingerprint density at radius 1 is 1.03 bits per heavy atom. The zero-order valence-corrected chi connectivity index (χ0v) is 16.4. The van der Waals surface area contributed by atoms with E-state index in [9.17, 15) is 0 Å². The highest BCUT2D eigenvalue weighted by atomic mass is 35.5. The molecule has 1 aliphatic heterocycles. The second-order valence-corrected chi connectivity index (χ2v) is 7.44. The molecular formula is C19H13ClN4O4S. The number of hydrogen-bond acceptors (Lipinski definition) is 9. The van der Waals surface area contributed by atoms with Gasteiger partial charge in [-0.25, -0.2) is 0 Å². The maximum Gasteiger partial charge on any atom is 0.277 e. The van der Waals surface area contributed by atoms with Gasteiger partial charge in [0.25, 0.3) is 11.1 Å². The summed E-state index contributed by atoms with van der Waals surface area (Å²) in [5.41, 5.74) is 0.823. The number of para-hydroxylation sites is 2. The number of halogens is 1. The molecule has 0 spiro atoms. The monoisotopic (exact) mass is 428 g/mol. The molecule has 0 bridgehead atoms. The average molecular weight is 429 g/mol. The fourth-order valence-electron chi connectivity index (χ4n) is 2.70. The molecule has 1 atom stereocenters. The fourth-order valence-corrected chi connectivity index (χ4v) is 3.44. The van der Waals surface area contributed by atoms with Gasteiger partial charge in [-0.2, -0.15) is 4.98 Å². The van der Waals surface area contributed by atoms with E-state index in [1.165, 1.54) is 11.8 Å². The second-order valence-electron chi connectivity index (χ2n) is 6.08. The maximum absolute atomic E-state index is 5.90. The van der Waals surface area contributed by atoms with Crippen molar-refractivity contribution < 1.29 is 18.4 Å². The third-order valence-electron chi connectivity index (χ3n) is 4.10. The van der Waals surface area contributed by atoms with Crippen molar-refractivity contribution in [1.82, 2.24) is 20.3 Å². The Labute approximate surface area is 174 Å². The summed E-state index contributed by atoms with van der Waals surface area (Å²) < 4.78 is 22.5. The molecule has 0 fully saturated rings. The molecule has 0 amide bonds. The first-order valence-electron chi connectivity index (χ1n) is 8.68. The Balaban J connectivity index is 1.22. The number of hydrogen-bond donors (Lipinski definition) is 0. The van der Waals surface area contributed by atoms with Crippen LogP contribution in [0.25, 0.3) is 11.4 Å². The van der Waals surface area contributed by atoms with Crippen LogP contribution in [0.4, 0.5) is 0 Å². The molecule has 1 unspecified atom stereocenters. The molecule has 0 saturated carbocycles. The molecule has 3 heterocycles. The van der Waals surface area contributed by atoms with Gasteiger partial charge in [0.05, 0.1) is 5.75 Å². The van der Waals surface area contributed by atoms with Gasteiger partial charge < -0.3 is 18.4 Å². The molecule has 5 rings (SSSR count). The van der Waals surface area contributed by atoms with Crippen molar-refractivity contribution in [3.63, 3.8) is 0 Å². The van der Waals surface area contributed by atoms with Crippen LogP contribution in [0.15, 0.2) is 62.7 Å². The van der Waals surface area contributed by atoms with Crippen molar-refractivity contribution in [3.8, 4) is 22.9 Å². The van der Waals surface area contributed by atoms with Crippen molar-refractivity contribution in [2.75, 3.05) is 6.61 Å². The van der Waals surface area contributed by atoms with Gasteiger partial charge in [-0.1, -0.05) is 40.7 Å². The standard InChI is InChI=1S/C19H13ClN4O4S/c20-12-7-5-11(6-8-12)17-21-16(28-24-17)10-29-19-23-22-18(27-19)15-9-25-13-3-1-2-4-14(13)26-15/h1-8,15H,9-10H2. The zero-order valence-electron chi connectivity index (χ0n) is 14.8. The lowest BCUT2D eigenvalue weighted by Crippen LogP contribution is -2.21. The molecule has 8 nitrogen and oxygen atoms in total. The van der Waals surface area contributed by atoms with Crippen LogP contribution in [0.1, 0.15) is 17.9 Å². The topological polar surface area (TPSA) is 96.3 Å². The van der Waals surface area contributed by atoms with Crippen molar-refractivity contribution in [3.05, 3.63) is 65.3 Å². The van der Waals surface area contributed by atoms with E-state index >= 15 is 0 Å². The first-order valence-corrected chi connectivity index (χ1v) is 10.0. The summed E-state index contributed by atoms with van der Waals surface area (Å²) in [5, 5.41) is 13.1. The van der Waals surface area contributed by atoms with Crippen LogP contribution < -0.4 is 9.47 Å². The van der Waals surface area contributed by atoms with Gasteiger partial charge in [-0.15, -0.1) is 10.2 Å². The SMILES string of the molecule is Clc1ccc(-c2noc(CSc3nnc(C4COc5ccccc5O4)o3)n2)cc1. The number of nitrogens with zero attached hydrogens (tertiary/aromatic N) is 4. The number of aromatic nitrogens is 4. The normalized spacial score (nSPS) is 15.4. The summed E-state index contributed by atoms with van der Waals surface area (Å²) in [7, 11) is 0. The minimum absolute atomic E-state index is 0.303. The van der Waals surface area contributed by atoms with Crippen LogP contribution in [-0.2, 0) is 5.75 Å². The van der Waals surface area contributed by atoms with Crippen molar-refractivity contribution in [2.24, 2.45) is 0 Å². The van der Waals surface area contributed by atoms with Crippen LogP contribution in [0.5, 0.6) is 11.5 Å². The predicted octanol–water partition coefficient (Wildman–Crippen LogP) is 4.58. The molecular weight excluding hydrogens is 416 g/mol. The summed E-state index contributed by atoms with van der Waals surface area (Å²) in [5.74, 6) is 3.05. The van der Waals surface area contributed by atoms with Gasteiger partial charge in [0.2, 0.25) is 17.8 Å². The van der Waals surface area contributed by atoms with Gasteiger partial charge >= 0.3 is 0 Å². The Kier molecular flexibility index (Phi) is 4.82. The van der Waals surface area contributed by atoms with Crippen LogP contribution in [0.3, 0.4) is 0 Å². The van der Waals surface area contributed by atoms with Gasteiger partial charge in [-0.3, -0.25) is 0 Å². The van der Waals surface area contributed by atoms with Crippen LogP contribution >= 0.6 is 23.4 Å². The first-order chi connectivity index (χ1) is 14.2. The Bertz CT molecular complexity index is 1130. The van der Waals surface area contributed by atoms with E-state index in [0.29, 0.717) is 51.7 Å². The third kappa shape index (κ3) is 3.92. The molecule has 0 radical (unpaired) electrons. The van der Waals surface area contributed by atoms with Gasteiger partial charge in [0, 0.05) is 10.6 Å². The lowest BCUT2D eigenvalue weighted by molar-refractivity contribution is 0.0686. The minimum Gasteiger partial charge on any atom is -0.485 e. The molecule has 146 valence electrons. The third-order valence-corrected chi connectivity index (χ3v) is 5.15. The lowest BCUT2D eigenvalue weighted by atomic mass is 10.2. The molecule has 29 heavy (non-hydrogen) atoms. The quantitative estimate of drug-likeness (QED) is 0.423. The van der Waals surface area contributed by atoms with Crippen LogP contribution in [0, 0.1) is 0 Å². The van der Waals surface area contributed by atoms with Gasteiger partial charge in [-0.05, 0) is 36.4 Å². The number of ether oxygens (including phenoxy) is 2. The highest BCUT2D eigenvalue weighted by Gasteiger charge is 2.27. The number of benzene rings is 2. The number of rotatable bonds is 5. The summed E-state index contributed by atoms with van der Waals surface area (Å²) in [4.78, 5) is 4.37. The highest BCUT2D eigenvalue weighted by Crippen LogP contribution is 2.36. The van der Waals surface area contributed by atoms with Crippen LogP contribution in [-0.4, -0.2) is 26.9 Å². The molecule has 1 aliphatic rings. The lowest BCUT2D eigenvalue weighted by Gasteiger charge is -2.23. The summed E-state index contributed by atoms with van der Waals surface area (Å²) in [6, 6.07) is 14.7. The fraction of sp³-hybridized carbons (Fsp3) is 0.158. The van der Waals surface area contributed by atoms with E-state index in [0.717, 1.165) is 5.56 Å². The molecule has 2 aromatic heterocycles. The Morgan fingerprint density at radius 3 is 2.72 bits per heavy atom. The summed E-state index contributed by atoms with van der Waals surface area (Å²) in [6.07, 6.45) is -0.452. The average Bonchev–Trinajstić information content (AvgIpc) is 3.42. The van der Waals surface area contributed by atoms with E-state index in [-0.39, 0.29) is 0 Å². The Morgan fingerprint density at radius 2 is 1.86 bits per heavy atom. The first kappa shape index (κ1) is 18.0. The summed E-state index contributed by atoms with van der Waals surface area (Å²) >= 11 is 7.20. The number of fused-ring (bicyclic) bond motifs is 1. The van der Waals surface area contributed by atoms with E-state index in [1.54, 1.807) is 12.1 Å². The molecule has 0 saturated heterocycles. The van der Waals surface area contributed by atoms with Gasteiger partial charge in [0.1, 0.15) is 6.61 Å². The van der Waals surface area contributed by atoms with E-state index in [4.69, 9.17) is 30.0 Å². The molecule has 4 aromatic rings. The molecule has 10 heteroatoms. The minimum atomic E-state index is -0.452.